The predicted molar refractivity (Wildman–Crippen MR) is 149 cm³/mol. The summed E-state index contributed by atoms with van der Waals surface area (Å²) in [5.74, 6) is -2.49. The van der Waals surface area contributed by atoms with Crippen molar-refractivity contribution in [3.05, 3.63) is 82.4 Å². The molecule has 1 unspecified atom stereocenters. The van der Waals surface area contributed by atoms with E-state index in [2.05, 4.69) is 39.6 Å². The molecule has 0 spiro atoms. The Labute approximate surface area is 232 Å². The number of carbonyl (C=O) groups is 2. The van der Waals surface area contributed by atoms with Crippen LogP contribution >= 0.6 is 11.3 Å². The number of hydrogen-bond donors (Lipinski definition) is 3. The van der Waals surface area contributed by atoms with E-state index in [0.29, 0.717) is 35.8 Å². The highest BCUT2D eigenvalue weighted by molar-refractivity contribution is 7.15. The van der Waals surface area contributed by atoms with Crippen molar-refractivity contribution in [2.24, 2.45) is 0 Å². The van der Waals surface area contributed by atoms with E-state index in [4.69, 9.17) is 0 Å². The summed E-state index contributed by atoms with van der Waals surface area (Å²) < 4.78 is 26.9. The molecule has 1 aromatic heterocycles. The largest absolute Gasteiger partial charge is 0.387 e. The van der Waals surface area contributed by atoms with Crippen LogP contribution in [0.15, 0.2) is 54.7 Å². The summed E-state index contributed by atoms with van der Waals surface area (Å²) in [5, 5.41) is 16.5. The molecule has 3 aromatic rings. The number of amides is 2. The van der Waals surface area contributed by atoms with Gasteiger partial charge in [-0.25, -0.2) is 13.8 Å². The number of halogens is 2. The SMILES string of the molecule is CCC[C@H](NC(=O)Cc1cc(F)cc(F)c1)C(=O)Nc1ncc(C(O)CCN(CCC)Cc2ccccc2)s1. The monoisotopic (exact) mass is 558 g/mol. The number of aliphatic hydroxyl groups is 1. The van der Waals surface area contributed by atoms with E-state index in [1.807, 2.05) is 25.1 Å². The van der Waals surface area contributed by atoms with Gasteiger partial charge in [0, 0.05) is 25.4 Å². The zero-order valence-corrected chi connectivity index (χ0v) is 23.1. The maximum Gasteiger partial charge on any atom is 0.248 e. The molecule has 210 valence electrons. The lowest BCUT2D eigenvalue weighted by Gasteiger charge is -2.23. The minimum atomic E-state index is -0.834. The first-order valence-corrected chi connectivity index (χ1v) is 14.0. The highest BCUT2D eigenvalue weighted by atomic mass is 32.1. The third-order valence-electron chi connectivity index (χ3n) is 6.11. The molecular weight excluding hydrogens is 522 g/mol. The van der Waals surface area contributed by atoms with Gasteiger partial charge in [-0.1, -0.05) is 61.9 Å². The molecule has 0 aliphatic carbocycles. The number of carbonyl (C=O) groups excluding carboxylic acids is 2. The fourth-order valence-electron chi connectivity index (χ4n) is 4.27. The Hall–Kier alpha value is -3.21. The van der Waals surface area contributed by atoms with Crippen molar-refractivity contribution in [2.45, 2.75) is 64.6 Å². The molecular formula is C29H36F2N4O3S. The molecule has 0 fully saturated rings. The molecule has 3 rings (SSSR count). The number of thiazole rings is 1. The summed E-state index contributed by atoms with van der Waals surface area (Å²) in [7, 11) is 0. The van der Waals surface area contributed by atoms with Crippen molar-refractivity contribution >= 4 is 28.3 Å². The molecule has 2 amide bonds. The molecule has 0 aliphatic rings. The van der Waals surface area contributed by atoms with Gasteiger partial charge in [0.25, 0.3) is 0 Å². The average Bonchev–Trinajstić information content (AvgIpc) is 3.35. The van der Waals surface area contributed by atoms with Crippen LogP contribution in [0.3, 0.4) is 0 Å². The summed E-state index contributed by atoms with van der Waals surface area (Å²) in [6.45, 7) is 6.45. The molecule has 0 radical (unpaired) electrons. The van der Waals surface area contributed by atoms with E-state index < -0.39 is 35.6 Å². The topological polar surface area (TPSA) is 94.6 Å². The summed E-state index contributed by atoms with van der Waals surface area (Å²) in [6, 6.07) is 12.3. The number of anilines is 1. The molecule has 2 atom stereocenters. The predicted octanol–water partition coefficient (Wildman–Crippen LogP) is 5.22. The molecule has 3 N–H and O–H groups in total. The lowest BCUT2D eigenvalue weighted by atomic mass is 10.1. The van der Waals surface area contributed by atoms with Crippen molar-refractivity contribution in [2.75, 3.05) is 18.4 Å². The van der Waals surface area contributed by atoms with Gasteiger partial charge in [-0.15, -0.1) is 0 Å². The van der Waals surface area contributed by atoms with E-state index in [1.54, 1.807) is 6.20 Å². The van der Waals surface area contributed by atoms with Gasteiger partial charge in [-0.05, 0) is 49.1 Å². The first-order valence-electron chi connectivity index (χ1n) is 13.2. The molecule has 0 bridgehead atoms. The Bertz CT molecular complexity index is 1190. The third kappa shape index (κ3) is 10.1. The van der Waals surface area contributed by atoms with Crippen molar-refractivity contribution in [3.8, 4) is 0 Å². The van der Waals surface area contributed by atoms with Gasteiger partial charge in [0.05, 0.1) is 17.4 Å². The Kier molecular flexibility index (Phi) is 12.0. The molecule has 0 saturated carbocycles. The standard InChI is InChI=1S/C29H36F2N4O3S/c1-3-8-24(33-27(37)16-21-14-22(30)17-23(31)15-21)28(38)34-29-32-18-26(39-29)25(36)11-13-35(12-4-2)19-20-9-6-5-7-10-20/h5-7,9-10,14-15,17-18,24-25,36H,3-4,8,11-13,16,19H2,1-2H3,(H,33,37)(H,32,34,38)/t24-,25?/m0/s1. The van der Waals surface area contributed by atoms with Gasteiger partial charge in [-0.2, -0.15) is 0 Å². The zero-order chi connectivity index (χ0) is 28.2. The van der Waals surface area contributed by atoms with Crippen LogP contribution in [-0.4, -0.2) is 45.9 Å². The van der Waals surface area contributed by atoms with Crippen molar-refractivity contribution in [1.29, 1.82) is 0 Å². The normalized spacial score (nSPS) is 12.8. The Morgan fingerprint density at radius 3 is 2.38 bits per heavy atom. The molecule has 7 nitrogen and oxygen atoms in total. The highest BCUT2D eigenvalue weighted by Crippen LogP contribution is 2.27. The fourth-order valence-corrected chi connectivity index (χ4v) is 5.11. The smallest absolute Gasteiger partial charge is 0.248 e. The van der Waals surface area contributed by atoms with Gasteiger partial charge in [0.2, 0.25) is 11.8 Å². The maximum atomic E-state index is 13.4. The first-order chi connectivity index (χ1) is 18.8. The fraction of sp³-hybridized carbons (Fsp3) is 0.414. The minimum absolute atomic E-state index is 0.181. The van der Waals surface area contributed by atoms with Crippen LogP contribution in [0, 0.1) is 11.6 Å². The molecule has 39 heavy (non-hydrogen) atoms. The van der Waals surface area contributed by atoms with Crippen molar-refractivity contribution in [3.63, 3.8) is 0 Å². The van der Waals surface area contributed by atoms with Gasteiger partial charge in [0.1, 0.15) is 17.7 Å². The van der Waals surface area contributed by atoms with Crippen molar-refractivity contribution in [1.82, 2.24) is 15.2 Å². The molecule has 1 heterocycles. The lowest BCUT2D eigenvalue weighted by molar-refractivity contribution is -0.126. The highest BCUT2D eigenvalue weighted by Gasteiger charge is 2.22. The second-order valence-corrected chi connectivity index (χ2v) is 10.5. The molecule has 2 aromatic carbocycles. The molecule has 0 aliphatic heterocycles. The minimum Gasteiger partial charge on any atom is -0.387 e. The number of benzene rings is 2. The quantitative estimate of drug-likeness (QED) is 0.238. The average molecular weight is 559 g/mol. The number of aromatic nitrogens is 1. The number of hydrogen-bond acceptors (Lipinski definition) is 6. The van der Waals surface area contributed by atoms with Crippen LogP contribution in [0.1, 0.15) is 61.6 Å². The van der Waals surface area contributed by atoms with E-state index in [0.717, 1.165) is 37.7 Å². The second kappa shape index (κ2) is 15.4. The Morgan fingerprint density at radius 1 is 1.00 bits per heavy atom. The van der Waals surface area contributed by atoms with Crippen molar-refractivity contribution < 1.29 is 23.5 Å². The summed E-state index contributed by atoms with van der Waals surface area (Å²) >= 11 is 1.19. The van der Waals surface area contributed by atoms with E-state index >= 15 is 0 Å². The molecule has 10 heteroatoms. The number of nitrogens with zero attached hydrogens (tertiary/aromatic N) is 2. The number of rotatable bonds is 15. The van der Waals surface area contributed by atoms with Crippen LogP contribution in [0.5, 0.6) is 0 Å². The maximum absolute atomic E-state index is 13.4. The number of nitrogens with one attached hydrogen (secondary N) is 2. The van der Waals surface area contributed by atoms with E-state index in [1.165, 1.54) is 16.9 Å². The van der Waals surface area contributed by atoms with Crippen LogP contribution in [-0.2, 0) is 22.6 Å². The van der Waals surface area contributed by atoms with Crippen LogP contribution in [0.2, 0.25) is 0 Å². The van der Waals surface area contributed by atoms with Crippen LogP contribution in [0.25, 0.3) is 0 Å². The van der Waals surface area contributed by atoms with E-state index in [-0.39, 0.29) is 12.0 Å². The van der Waals surface area contributed by atoms with Crippen LogP contribution < -0.4 is 10.6 Å². The second-order valence-electron chi connectivity index (χ2n) is 9.49. The van der Waals surface area contributed by atoms with Gasteiger partial charge in [0.15, 0.2) is 5.13 Å². The van der Waals surface area contributed by atoms with Gasteiger partial charge in [-0.3, -0.25) is 14.5 Å². The van der Waals surface area contributed by atoms with Crippen LogP contribution in [0.4, 0.5) is 13.9 Å². The summed E-state index contributed by atoms with van der Waals surface area (Å²) in [5.41, 5.74) is 1.40. The number of aliphatic hydroxyl groups excluding tert-OH is 1. The molecule has 0 saturated heterocycles. The summed E-state index contributed by atoms with van der Waals surface area (Å²) in [4.78, 5) is 32.5. The summed E-state index contributed by atoms with van der Waals surface area (Å²) in [6.07, 6.45) is 3.12. The van der Waals surface area contributed by atoms with Gasteiger partial charge >= 0.3 is 0 Å². The Balaban J connectivity index is 1.53. The van der Waals surface area contributed by atoms with E-state index in [9.17, 15) is 23.5 Å². The van der Waals surface area contributed by atoms with Gasteiger partial charge < -0.3 is 15.7 Å². The zero-order valence-electron chi connectivity index (χ0n) is 22.3. The Morgan fingerprint density at radius 2 is 1.72 bits per heavy atom. The third-order valence-corrected chi connectivity index (χ3v) is 7.12. The first kappa shape index (κ1) is 30.3. The lowest BCUT2D eigenvalue weighted by Crippen LogP contribution is -2.44.